The van der Waals surface area contributed by atoms with Crippen LogP contribution < -0.4 is 10.6 Å². The molecule has 4 nitrogen and oxygen atoms in total. The third-order valence-corrected chi connectivity index (χ3v) is 4.26. The Bertz CT molecular complexity index is 255. The van der Waals surface area contributed by atoms with Crippen molar-refractivity contribution in [3.05, 3.63) is 0 Å². The van der Waals surface area contributed by atoms with Crippen LogP contribution in [0.15, 0.2) is 4.99 Å². The number of nitrogens with one attached hydrogen (secondary N) is 2. The molecule has 1 rings (SSSR count). The molecule has 0 unspecified atom stereocenters. The predicted octanol–water partition coefficient (Wildman–Crippen LogP) is 2.61. The number of unbranched alkanes of at least 4 members (excludes halogenated alkanes) is 1. The van der Waals surface area contributed by atoms with Crippen LogP contribution in [0, 0.1) is 0 Å². The minimum atomic E-state index is 0.630. The lowest BCUT2D eigenvalue weighted by atomic mass is 9.96. The minimum absolute atomic E-state index is 0.630. The molecule has 0 bridgehead atoms. The van der Waals surface area contributed by atoms with Gasteiger partial charge in [0.25, 0.3) is 0 Å². The summed E-state index contributed by atoms with van der Waals surface area (Å²) in [6, 6.07) is 0.630. The molecule has 0 atom stereocenters. The predicted molar refractivity (Wildman–Crippen MR) is 88.4 cm³/mol. The van der Waals surface area contributed by atoms with Crippen LogP contribution >= 0.6 is 0 Å². The van der Waals surface area contributed by atoms with Gasteiger partial charge >= 0.3 is 0 Å². The van der Waals surface area contributed by atoms with Crippen molar-refractivity contribution in [2.75, 3.05) is 33.2 Å². The second-order valence-corrected chi connectivity index (χ2v) is 5.71. The van der Waals surface area contributed by atoms with Gasteiger partial charge in [-0.3, -0.25) is 4.99 Å². The van der Waals surface area contributed by atoms with E-state index in [2.05, 4.69) is 34.4 Å². The maximum atomic E-state index is 4.33. The summed E-state index contributed by atoms with van der Waals surface area (Å²) in [6.45, 7) is 9.02. The monoisotopic (exact) mass is 282 g/mol. The van der Waals surface area contributed by atoms with Crippen LogP contribution in [0.25, 0.3) is 0 Å². The van der Waals surface area contributed by atoms with E-state index in [9.17, 15) is 0 Å². The third kappa shape index (κ3) is 7.13. The second kappa shape index (κ2) is 11.0. The van der Waals surface area contributed by atoms with Gasteiger partial charge in [-0.1, -0.05) is 33.1 Å². The van der Waals surface area contributed by atoms with Crippen molar-refractivity contribution in [1.29, 1.82) is 0 Å². The van der Waals surface area contributed by atoms with E-state index in [1.54, 1.807) is 0 Å². The van der Waals surface area contributed by atoms with Gasteiger partial charge in [0.15, 0.2) is 5.96 Å². The fourth-order valence-corrected chi connectivity index (χ4v) is 2.84. The Morgan fingerprint density at radius 1 is 1.10 bits per heavy atom. The zero-order valence-electron chi connectivity index (χ0n) is 13.7. The number of aliphatic imine (C=N–C) groups is 1. The smallest absolute Gasteiger partial charge is 0.191 e. The van der Waals surface area contributed by atoms with Crippen LogP contribution in [-0.4, -0.2) is 50.1 Å². The van der Waals surface area contributed by atoms with E-state index in [0.29, 0.717) is 6.04 Å². The topological polar surface area (TPSA) is 39.7 Å². The van der Waals surface area contributed by atoms with Crippen molar-refractivity contribution in [2.45, 2.75) is 64.8 Å². The Labute approximate surface area is 125 Å². The molecule has 0 aromatic heterocycles. The number of hydrogen-bond acceptors (Lipinski definition) is 2. The summed E-state index contributed by atoms with van der Waals surface area (Å²) in [7, 11) is 1.87. The molecular formula is C16H34N4. The van der Waals surface area contributed by atoms with Crippen molar-refractivity contribution in [3.8, 4) is 0 Å². The summed E-state index contributed by atoms with van der Waals surface area (Å²) in [5, 5.41) is 7.00. The van der Waals surface area contributed by atoms with Gasteiger partial charge in [-0.15, -0.1) is 0 Å². The SMILES string of the molecule is CCN(CC)CCCCNC(=NC)NC1CCCCC1. The largest absolute Gasteiger partial charge is 0.356 e. The molecule has 118 valence electrons. The Hall–Kier alpha value is -0.770. The fraction of sp³-hybridized carbons (Fsp3) is 0.938. The highest BCUT2D eigenvalue weighted by Gasteiger charge is 2.14. The van der Waals surface area contributed by atoms with Crippen molar-refractivity contribution in [1.82, 2.24) is 15.5 Å². The van der Waals surface area contributed by atoms with Crippen LogP contribution in [0.5, 0.6) is 0 Å². The first-order chi connectivity index (χ1) is 9.80. The standard InChI is InChI=1S/C16H34N4/c1-4-20(5-2)14-10-9-13-18-16(17-3)19-15-11-7-6-8-12-15/h15H,4-14H2,1-3H3,(H2,17,18,19). The summed E-state index contributed by atoms with van der Waals surface area (Å²) in [5.74, 6) is 0.986. The molecular weight excluding hydrogens is 248 g/mol. The molecule has 1 saturated carbocycles. The van der Waals surface area contributed by atoms with Crippen molar-refractivity contribution in [3.63, 3.8) is 0 Å². The average Bonchev–Trinajstić information content (AvgIpc) is 2.50. The minimum Gasteiger partial charge on any atom is -0.356 e. The maximum absolute atomic E-state index is 4.33. The van der Waals surface area contributed by atoms with Gasteiger partial charge in [-0.2, -0.15) is 0 Å². The molecule has 0 aliphatic heterocycles. The number of nitrogens with zero attached hydrogens (tertiary/aromatic N) is 2. The lowest BCUT2D eigenvalue weighted by molar-refractivity contribution is 0.297. The quantitative estimate of drug-likeness (QED) is 0.408. The highest BCUT2D eigenvalue weighted by molar-refractivity contribution is 5.79. The van der Waals surface area contributed by atoms with Gasteiger partial charge < -0.3 is 15.5 Å². The van der Waals surface area contributed by atoms with Gasteiger partial charge in [0.1, 0.15) is 0 Å². The maximum Gasteiger partial charge on any atom is 0.191 e. The van der Waals surface area contributed by atoms with Gasteiger partial charge in [-0.05, 0) is 45.3 Å². The van der Waals surface area contributed by atoms with E-state index in [1.807, 2.05) is 7.05 Å². The molecule has 0 amide bonds. The third-order valence-electron chi connectivity index (χ3n) is 4.26. The van der Waals surface area contributed by atoms with E-state index in [0.717, 1.165) is 25.6 Å². The molecule has 20 heavy (non-hydrogen) atoms. The van der Waals surface area contributed by atoms with Gasteiger partial charge in [0.05, 0.1) is 0 Å². The Morgan fingerprint density at radius 3 is 2.40 bits per heavy atom. The number of hydrogen-bond donors (Lipinski definition) is 2. The Morgan fingerprint density at radius 2 is 1.80 bits per heavy atom. The normalized spacial score (nSPS) is 17.5. The summed E-state index contributed by atoms with van der Waals surface area (Å²) in [6.07, 6.45) is 9.18. The highest BCUT2D eigenvalue weighted by Crippen LogP contribution is 2.17. The molecule has 1 aliphatic carbocycles. The first kappa shape index (κ1) is 17.3. The second-order valence-electron chi connectivity index (χ2n) is 5.71. The van der Waals surface area contributed by atoms with Crippen molar-refractivity contribution >= 4 is 5.96 Å². The molecule has 2 N–H and O–H groups in total. The van der Waals surface area contributed by atoms with E-state index in [1.165, 1.54) is 51.5 Å². The van der Waals surface area contributed by atoms with Crippen LogP contribution in [-0.2, 0) is 0 Å². The Balaban J connectivity index is 2.09. The summed E-state index contributed by atoms with van der Waals surface area (Å²) >= 11 is 0. The molecule has 4 heteroatoms. The van der Waals surface area contributed by atoms with Crippen molar-refractivity contribution < 1.29 is 0 Å². The molecule has 0 aromatic rings. The zero-order valence-corrected chi connectivity index (χ0v) is 13.7. The lowest BCUT2D eigenvalue weighted by Gasteiger charge is -2.25. The fourth-order valence-electron chi connectivity index (χ4n) is 2.84. The molecule has 1 aliphatic rings. The summed E-state index contributed by atoms with van der Waals surface area (Å²) < 4.78 is 0. The number of guanidine groups is 1. The van der Waals surface area contributed by atoms with Gasteiger partial charge in [-0.25, -0.2) is 0 Å². The summed E-state index contributed by atoms with van der Waals surface area (Å²) in [4.78, 5) is 6.81. The van der Waals surface area contributed by atoms with Gasteiger partial charge in [0.2, 0.25) is 0 Å². The lowest BCUT2D eigenvalue weighted by Crippen LogP contribution is -2.44. The van der Waals surface area contributed by atoms with E-state index < -0.39 is 0 Å². The first-order valence-electron chi connectivity index (χ1n) is 8.49. The highest BCUT2D eigenvalue weighted by atomic mass is 15.2. The zero-order chi connectivity index (χ0) is 14.6. The van der Waals surface area contributed by atoms with Crippen LogP contribution in [0.3, 0.4) is 0 Å². The molecule has 1 fully saturated rings. The summed E-state index contributed by atoms with van der Waals surface area (Å²) in [5.41, 5.74) is 0. The van der Waals surface area contributed by atoms with Crippen molar-refractivity contribution in [2.24, 2.45) is 4.99 Å². The molecule has 0 aromatic carbocycles. The first-order valence-corrected chi connectivity index (χ1v) is 8.49. The van der Waals surface area contributed by atoms with Gasteiger partial charge in [0, 0.05) is 19.6 Å². The molecule has 0 spiro atoms. The molecule has 0 radical (unpaired) electrons. The molecule has 0 heterocycles. The van der Waals surface area contributed by atoms with Crippen LogP contribution in [0.2, 0.25) is 0 Å². The molecule has 0 saturated heterocycles. The van der Waals surface area contributed by atoms with E-state index >= 15 is 0 Å². The average molecular weight is 282 g/mol. The van der Waals surface area contributed by atoms with E-state index in [4.69, 9.17) is 0 Å². The van der Waals surface area contributed by atoms with Crippen LogP contribution in [0.1, 0.15) is 58.8 Å². The Kier molecular flexibility index (Phi) is 9.46. The van der Waals surface area contributed by atoms with E-state index in [-0.39, 0.29) is 0 Å². The number of rotatable bonds is 8. The van der Waals surface area contributed by atoms with Crippen LogP contribution in [0.4, 0.5) is 0 Å².